The topological polar surface area (TPSA) is 72.0 Å². The standard InChI is InChI=1S/C14H18BrN5O/c1-9(2)21-14-19-12(16-3)18-13(20-14)17-8-10-4-6-11(15)7-5-10/h4-7,9H,8H2,1-3H3,(H2,16,17,18,19,20). The lowest BCUT2D eigenvalue weighted by atomic mass is 10.2. The van der Waals surface area contributed by atoms with E-state index in [-0.39, 0.29) is 6.10 Å². The van der Waals surface area contributed by atoms with Gasteiger partial charge < -0.3 is 15.4 Å². The van der Waals surface area contributed by atoms with Gasteiger partial charge in [0.15, 0.2) is 0 Å². The molecular formula is C14H18BrN5O. The Balaban J connectivity index is 2.09. The maximum Gasteiger partial charge on any atom is 0.323 e. The van der Waals surface area contributed by atoms with E-state index in [4.69, 9.17) is 4.74 Å². The van der Waals surface area contributed by atoms with Crippen LogP contribution in [0.4, 0.5) is 11.9 Å². The number of aromatic nitrogens is 3. The number of halogens is 1. The quantitative estimate of drug-likeness (QED) is 0.833. The van der Waals surface area contributed by atoms with Gasteiger partial charge in [0, 0.05) is 18.1 Å². The van der Waals surface area contributed by atoms with Gasteiger partial charge in [-0.3, -0.25) is 0 Å². The van der Waals surface area contributed by atoms with Gasteiger partial charge in [0.05, 0.1) is 6.10 Å². The van der Waals surface area contributed by atoms with Crippen molar-refractivity contribution in [3.05, 3.63) is 34.3 Å². The molecule has 0 saturated heterocycles. The summed E-state index contributed by atoms with van der Waals surface area (Å²) >= 11 is 3.41. The molecule has 0 bridgehead atoms. The maximum atomic E-state index is 5.52. The third-order valence-electron chi connectivity index (χ3n) is 2.54. The van der Waals surface area contributed by atoms with Gasteiger partial charge in [0.25, 0.3) is 0 Å². The Bertz CT molecular complexity index is 588. The van der Waals surface area contributed by atoms with Crippen LogP contribution in [-0.2, 0) is 6.54 Å². The Morgan fingerprint density at radius 1 is 1.10 bits per heavy atom. The van der Waals surface area contributed by atoms with Crippen LogP contribution in [0.1, 0.15) is 19.4 Å². The molecule has 0 saturated carbocycles. The van der Waals surface area contributed by atoms with Crippen molar-refractivity contribution in [2.75, 3.05) is 17.7 Å². The number of ether oxygens (including phenoxy) is 1. The maximum absolute atomic E-state index is 5.52. The summed E-state index contributed by atoms with van der Waals surface area (Å²) in [4.78, 5) is 12.7. The Kier molecular flexibility index (Phi) is 5.32. The lowest BCUT2D eigenvalue weighted by Crippen LogP contribution is -2.13. The Hall–Kier alpha value is -1.89. The molecule has 0 unspecified atom stereocenters. The molecule has 0 spiro atoms. The molecule has 1 aromatic heterocycles. The van der Waals surface area contributed by atoms with E-state index in [0.29, 0.717) is 24.5 Å². The van der Waals surface area contributed by atoms with Crippen LogP contribution in [0.3, 0.4) is 0 Å². The molecule has 2 aromatic rings. The summed E-state index contributed by atoms with van der Waals surface area (Å²) < 4.78 is 6.57. The molecule has 0 amide bonds. The first-order chi connectivity index (χ1) is 10.1. The van der Waals surface area contributed by atoms with Gasteiger partial charge in [-0.05, 0) is 31.5 Å². The monoisotopic (exact) mass is 351 g/mol. The predicted molar refractivity (Wildman–Crippen MR) is 86.6 cm³/mol. The fourth-order valence-electron chi connectivity index (χ4n) is 1.59. The SMILES string of the molecule is CNc1nc(NCc2ccc(Br)cc2)nc(OC(C)C)n1. The normalized spacial score (nSPS) is 10.5. The molecule has 0 aliphatic heterocycles. The van der Waals surface area contributed by atoms with Crippen LogP contribution in [0.15, 0.2) is 28.7 Å². The summed E-state index contributed by atoms with van der Waals surface area (Å²) in [6.07, 6.45) is 0.0106. The van der Waals surface area contributed by atoms with Gasteiger partial charge in [0.2, 0.25) is 11.9 Å². The third-order valence-corrected chi connectivity index (χ3v) is 3.07. The van der Waals surface area contributed by atoms with Crippen LogP contribution in [0.25, 0.3) is 0 Å². The van der Waals surface area contributed by atoms with Crippen LogP contribution in [0.5, 0.6) is 6.01 Å². The highest BCUT2D eigenvalue weighted by Gasteiger charge is 2.08. The molecule has 21 heavy (non-hydrogen) atoms. The first kappa shape index (κ1) is 15.5. The minimum absolute atomic E-state index is 0.0106. The van der Waals surface area contributed by atoms with E-state index in [9.17, 15) is 0 Å². The van der Waals surface area contributed by atoms with Gasteiger partial charge >= 0.3 is 6.01 Å². The zero-order valence-electron chi connectivity index (χ0n) is 12.2. The van der Waals surface area contributed by atoms with Crippen molar-refractivity contribution in [2.45, 2.75) is 26.5 Å². The Labute approximate surface area is 132 Å². The number of hydrogen-bond donors (Lipinski definition) is 2. The zero-order valence-corrected chi connectivity index (χ0v) is 13.8. The van der Waals surface area contributed by atoms with Crippen molar-refractivity contribution in [3.8, 4) is 6.01 Å². The largest absolute Gasteiger partial charge is 0.461 e. The molecule has 0 radical (unpaired) electrons. The molecule has 0 atom stereocenters. The molecule has 7 heteroatoms. The summed E-state index contributed by atoms with van der Waals surface area (Å²) in [5.74, 6) is 0.951. The lowest BCUT2D eigenvalue weighted by Gasteiger charge is -2.11. The second-order valence-corrected chi connectivity index (χ2v) is 5.58. The number of anilines is 2. The van der Waals surface area contributed by atoms with E-state index >= 15 is 0 Å². The molecule has 112 valence electrons. The van der Waals surface area contributed by atoms with Crippen LogP contribution in [0.2, 0.25) is 0 Å². The van der Waals surface area contributed by atoms with Crippen molar-refractivity contribution in [1.29, 1.82) is 0 Å². The Morgan fingerprint density at radius 3 is 2.38 bits per heavy atom. The summed E-state index contributed by atoms with van der Waals surface area (Å²) in [6, 6.07) is 8.36. The van der Waals surface area contributed by atoms with Crippen LogP contribution >= 0.6 is 15.9 Å². The fourth-order valence-corrected chi connectivity index (χ4v) is 1.86. The first-order valence-electron chi connectivity index (χ1n) is 6.65. The van der Waals surface area contributed by atoms with E-state index in [1.54, 1.807) is 7.05 Å². The average molecular weight is 352 g/mol. The third kappa shape index (κ3) is 4.86. The molecule has 1 aromatic carbocycles. The molecule has 0 aliphatic rings. The van der Waals surface area contributed by atoms with E-state index in [1.165, 1.54) is 0 Å². The second kappa shape index (κ2) is 7.21. The molecule has 2 N–H and O–H groups in total. The smallest absolute Gasteiger partial charge is 0.323 e. The molecule has 6 nitrogen and oxygen atoms in total. The van der Waals surface area contributed by atoms with Crippen LogP contribution in [0, 0.1) is 0 Å². The number of hydrogen-bond acceptors (Lipinski definition) is 6. The van der Waals surface area contributed by atoms with Gasteiger partial charge in [-0.2, -0.15) is 15.0 Å². The summed E-state index contributed by atoms with van der Waals surface area (Å²) in [5.41, 5.74) is 1.14. The van der Waals surface area contributed by atoms with E-state index in [0.717, 1.165) is 10.0 Å². The van der Waals surface area contributed by atoms with Crippen molar-refractivity contribution >= 4 is 27.8 Å². The highest BCUT2D eigenvalue weighted by molar-refractivity contribution is 9.10. The molecular weight excluding hydrogens is 334 g/mol. The lowest BCUT2D eigenvalue weighted by molar-refractivity contribution is 0.222. The Morgan fingerprint density at radius 2 is 1.76 bits per heavy atom. The van der Waals surface area contributed by atoms with E-state index in [2.05, 4.69) is 41.5 Å². The second-order valence-electron chi connectivity index (χ2n) is 4.66. The fraction of sp³-hybridized carbons (Fsp3) is 0.357. The highest BCUT2D eigenvalue weighted by Crippen LogP contribution is 2.14. The first-order valence-corrected chi connectivity index (χ1v) is 7.45. The van der Waals surface area contributed by atoms with Gasteiger partial charge in [-0.1, -0.05) is 28.1 Å². The summed E-state index contributed by atoms with van der Waals surface area (Å²) in [6.45, 7) is 4.48. The van der Waals surface area contributed by atoms with Crippen LogP contribution in [-0.4, -0.2) is 28.1 Å². The molecule has 0 fully saturated rings. The summed E-state index contributed by atoms with van der Waals surface area (Å²) in [7, 11) is 1.76. The number of nitrogens with zero attached hydrogens (tertiary/aromatic N) is 3. The van der Waals surface area contributed by atoms with Crippen molar-refractivity contribution in [2.24, 2.45) is 0 Å². The minimum atomic E-state index is 0.0106. The molecule has 1 heterocycles. The number of rotatable bonds is 6. The van der Waals surface area contributed by atoms with Crippen LogP contribution < -0.4 is 15.4 Å². The van der Waals surface area contributed by atoms with Crippen molar-refractivity contribution in [1.82, 2.24) is 15.0 Å². The molecule has 0 aliphatic carbocycles. The van der Waals surface area contributed by atoms with E-state index < -0.39 is 0 Å². The molecule has 2 rings (SSSR count). The number of benzene rings is 1. The van der Waals surface area contributed by atoms with E-state index in [1.807, 2.05) is 38.1 Å². The van der Waals surface area contributed by atoms with Crippen molar-refractivity contribution in [3.63, 3.8) is 0 Å². The van der Waals surface area contributed by atoms with Gasteiger partial charge in [-0.25, -0.2) is 0 Å². The zero-order chi connectivity index (χ0) is 15.2. The summed E-state index contributed by atoms with van der Waals surface area (Å²) in [5, 5.41) is 6.07. The average Bonchev–Trinajstić information content (AvgIpc) is 2.45. The predicted octanol–water partition coefficient (Wildman–Crippen LogP) is 3.08. The van der Waals surface area contributed by atoms with Crippen molar-refractivity contribution < 1.29 is 4.74 Å². The highest BCUT2D eigenvalue weighted by atomic mass is 79.9. The van der Waals surface area contributed by atoms with Gasteiger partial charge in [0.1, 0.15) is 0 Å². The number of nitrogens with one attached hydrogen (secondary N) is 2. The van der Waals surface area contributed by atoms with Gasteiger partial charge in [-0.15, -0.1) is 0 Å². The minimum Gasteiger partial charge on any atom is -0.461 e.